The zero-order valence-corrected chi connectivity index (χ0v) is 29.1. The van der Waals surface area contributed by atoms with Gasteiger partial charge in [0, 0.05) is 59.4 Å². The van der Waals surface area contributed by atoms with Crippen LogP contribution in [0.15, 0.2) is 200 Å². The molecular weight excluding hydrogens is 651 g/mol. The highest BCUT2D eigenvalue weighted by Gasteiger charge is 2.25. The highest BCUT2D eigenvalue weighted by atomic mass is 32.1. The zero-order valence-electron chi connectivity index (χ0n) is 28.3. The van der Waals surface area contributed by atoms with E-state index in [1.165, 1.54) is 36.5 Å². The summed E-state index contributed by atoms with van der Waals surface area (Å²) in [6.07, 6.45) is 0. The van der Waals surface area contributed by atoms with Crippen LogP contribution >= 0.6 is 11.3 Å². The third kappa shape index (κ3) is 5.04. The monoisotopic (exact) mass is 683 g/mol. The van der Waals surface area contributed by atoms with Crippen LogP contribution in [0.4, 0.5) is 34.1 Å². The van der Waals surface area contributed by atoms with Crippen LogP contribution in [-0.4, -0.2) is 4.57 Å². The molecule has 0 radical (unpaired) electrons. The van der Waals surface area contributed by atoms with Gasteiger partial charge in [-0.25, -0.2) is 0 Å². The molecule has 4 heteroatoms. The molecule has 52 heavy (non-hydrogen) atoms. The molecule has 2 heterocycles. The average Bonchev–Trinajstić information content (AvgIpc) is 3.75. The van der Waals surface area contributed by atoms with Crippen molar-refractivity contribution in [1.29, 1.82) is 0 Å². The van der Waals surface area contributed by atoms with Crippen LogP contribution in [0.2, 0.25) is 0 Å². The first-order chi connectivity index (χ1) is 25.8. The van der Waals surface area contributed by atoms with Crippen LogP contribution in [0.3, 0.4) is 0 Å². The SMILES string of the molecule is c1ccc(N(c2ccc3c(c2)sc2ccccc23)c2cc(N(c3ccccc3)c3ccccc3)c3c4ccccc4n(-c4ccccc4)c3c2)cc1. The molecule has 246 valence electrons. The molecule has 0 spiro atoms. The van der Waals surface area contributed by atoms with Crippen molar-refractivity contribution in [3.8, 4) is 5.69 Å². The Labute approximate surface area is 306 Å². The second-order valence-electron chi connectivity index (χ2n) is 13.0. The maximum atomic E-state index is 2.42. The number of hydrogen-bond donors (Lipinski definition) is 0. The largest absolute Gasteiger partial charge is 0.310 e. The Bertz CT molecular complexity index is 2800. The lowest BCUT2D eigenvalue weighted by Crippen LogP contribution is -2.14. The number of anilines is 6. The maximum absolute atomic E-state index is 2.42. The number of benzene rings is 8. The standard InChI is InChI=1S/C48H33N3S/c1-5-17-34(18-6-1)49(38-29-30-41-40-25-14-16-28-46(40)52-47(41)33-38)39-31-44(50(35-19-7-2-8-20-35)36-21-9-3-10-22-36)48-42-26-13-15-27-43(42)51(45(48)32-39)37-23-11-4-12-24-37/h1-33H. The Morgan fingerprint density at radius 3 is 1.56 bits per heavy atom. The molecule has 0 atom stereocenters. The predicted molar refractivity (Wildman–Crippen MR) is 223 cm³/mol. The van der Waals surface area contributed by atoms with Crippen molar-refractivity contribution in [3.63, 3.8) is 0 Å². The van der Waals surface area contributed by atoms with Crippen molar-refractivity contribution < 1.29 is 0 Å². The Hall–Kier alpha value is -6.62. The van der Waals surface area contributed by atoms with Gasteiger partial charge in [0.2, 0.25) is 0 Å². The molecule has 10 rings (SSSR count). The number of nitrogens with zero attached hydrogens (tertiary/aromatic N) is 3. The van der Waals surface area contributed by atoms with Crippen molar-refractivity contribution in [2.24, 2.45) is 0 Å². The third-order valence-corrected chi connectivity index (χ3v) is 11.0. The van der Waals surface area contributed by atoms with Gasteiger partial charge in [-0.15, -0.1) is 11.3 Å². The summed E-state index contributed by atoms with van der Waals surface area (Å²) in [6.45, 7) is 0. The lowest BCUT2D eigenvalue weighted by molar-refractivity contribution is 1.17. The van der Waals surface area contributed by atoms with Gasteiger partial charge in [-0.3, -0.25) is 0 Å². The molecule has 8 aromatic carbocycles. The van der Waals surface area contributed by atoms with Crippen LogP contribution < -0.4 is 9.80 Å². The van der Waals surface area contributed by atoms with Gasteiger partial charge in [-0.2, -0.15) is 0 Å². The summed E-state index contributed by atoms with van der Waals surface area (Å²) in [5.74, 6) is 0. The van der Waals surface area contributed by atoms with E-state index >= 15 is 0 Å². The number of aromatic nitrogens is 1. The number of thiophene rings is 1. The van der Waals surface area contributed by atoms with Gasteiger partial charge in [-0.1, -0.05) is 115 Å². The second-order valence-corrected chi connectivity index (χ2v) is 14.1. The topological polar surface area (TPSA) is 11.4 Å². The van der Waals surface area contributed by atoms with E-state index < -0.39 is 0 Å². The predicted octanol–water partition coefficient (Wildman–Crippen LogP) is 14.1. The summed E-state index contributed by atoms with van der Waals surface area (Å²) in [6, 6.07) is 72.1. The summed E-state index contributed by atoms with van der Waals surface area (Å²) in [5.41, 5.74) is 10.0. The van der Waals surface area contributed by atoms with Crippen LogP contribution in [0.25, 0.3) is 47.7 Å². The smallest absolute Gasteiger partial charge is 0.0583 e. The molecule has 0 N–H and O–H groups in total. The fourth-order valence-corrected chi connectivity index (χ4v) is 8.82. The summed E-state index contributed by atoms with van der Waals surface area (Å²) >= 11 is 1.85. The van der Waals surface area contributed by atoms with Crippen molar-refractivity contribution in [2.75, 3.05) is 9.80 Å². The Balaban J connectivity index is 1.33. The van der Waals surface area contributed by atoms with Crippen molar-refractivity contribution in [3.05, 3.63) is 200 Å². The zero-order chi connectivity index (χ0) is 34.4. The first-order valence-corrected chi connectivity index (χ1v) is 18.4. The summed E-state index contributed by atoms with van der Waals surface area (Å²) in [5, 5.41) is 5.00. The van der Waals surface area contributed by atoms with Gasteiger partial charge in [0.15, 0.2) is 0 Å². The summed E-state index contributed by atoms with van der Waals surface area (Å²) in [7, 11) is 0. The lowest BCUT2D eigenvalue weighted by Gasteiger charge is -2.30. The van der Waals surface area contributed by atoms with Gasteiger partial charge < -0.3 is 14.4 Å². The quantitative estimate of drug-likeness (QED) is 0.166. The van der Waals surface area contributed by atoms with Crippen LogP contribution in [0.1, 0.15) is 0 Å². The van der Waals surface area contributed by atoms with E-state index in [-0.39, 0.29) is 0 Å². The van der Waals surface area contributed by atoms with E-state index in [0.29, 0.717) is 0 Å². The first kappa shape index (κ1) is 30.2. The minimum Gasteiger partial charge on any atom is -0.310 e. The first-order valence-electron chi connectivity index (χ1n) is 17.6. The Morgan fingerprint density at radius 1 is 0.346 bits per heavy atom. The maximum Gasteiger partial charge on any atom is 0.0583 e. The fourth-order valence-electron chi connectivity index (χ4n) is 7.68. The number of fused-ring (bicyclic) bond motifs is 6. The minimum atomic E-state index is 1.08. The Morgan fingerprint density at radius 2 is 0.885 bits per heavy atom. The molecule has 0 bridgehead atoms. The van der Waals surface area contributed by atoms with E-state index in [1.807, 2.05) is 11.3 Å². The molecule has 0 aliphatic rings. The highest BCUT2D eigenvalue weighted by molar-refractivity contribution is 7.25. The van der Waals surface area contributed by atoms with Gasteiger partial charge in [0.1, 0.15) is 0 Å². The number of para-hydroxylation sites is 5. The molecule has 0 saturated carbocycles. The number of hydrogen-bond acceptors (Lipinski definition) is 3. The molecule has 3 nitrogen and oxygen atoms in total. The van der Waals surface area contributed by atoms with Crippen LogP contribution in [0.5, 0.6) is 0 Å². The molecular formula is C48H33N3S. The van der Waals surface area contributed by atoms with Gasteiger partial charge in [-0.05, 0) is 84.9 Å². The second kappa shape index (κ2) is 12.6. The summed E-state index contributed by atoms with van der Waals surface area (Å²) < 4.78 is 5.00. The molecule has 10 aromatic rings. The molecule has 0 fully saturated rings. The molecule has 2 aromatic heterocycles. The van der Waals surface area contributed by atoms with Crippen LogP contribution in [-0.2, 0) is 0 Å². The molecule has 0 amide bonds. The highest BCUT2D eigenvalue weighted by Crippen LogP contribution is 2.48. The van der Waals surface area contributed by atoms with Crippen molar-refractivity contribution in [2.45, 2.75) is 0 Å². The molecule has 0 aliphatic carbocycles. The van der Waals surface area contributed by atoms with E-state index in [0.717, 1.165) is 45.3 Å². The van der Waals surface area contributed by atoms with Gasteiger partial charge in [0.25, 0.3) is 0 Å². The summed E-state index contributed by atoms with van der Waals surface area (Å²) in [4.78, 5) is 4.82. The van der Waals surface area contributed by atoms with Gasteiger partial charge >= 0.3 is 0 Å². The number of rotatable bonds is 7. The molecule has 0 unspecified atom stereocenters. The normalized spacial score (nSPS) is 11.5. The van der Waals surface area contributed by atoms with Gasteiger partial charge in [0.05, 0.1) is 22.4 Å². The third-order valence-electron chi connectivity index (χ3n) is 9.91. The minimum absolute atomic E-state index is 1.08. The lowest BCUT2D eigenvalue weighted by atomic mass is 10.1. The van der Waals surface area contributed by atoms with E-state index in [4.69, 9.17) is 0 Å². The van der Waals surface area contributed by atoms with E-state index in [9.17, 15) is 0 Å². The fraction of sp³-hybridized carbons (Fsp3) is 0. The Kier molecular flexibility index (Phi) is 7.33. The van der Waals surface area contributed by atoms with Crippen LogP contribution in [0, 0.1) is 0 Å². The van der Waals surface area contributed by atoms with Crippen molar-refractivity contribution in [1.82, 2.24) is 4.57 Å². The molecule has 0 aliphatic heterocycles. The average molecular weight is 684 g/mol. The molecule has 0 saturated heterocycles. The van der Waals surface area contributed by atoms with E-state index in [2.05, 4.69) is 215 Å². The van der Waals surface area contributed by atoms with Crippen molar-refractivity contribution >= 4 is 87.4 Å². The van der Waals surface area contributed by atoms with E-state index in [1.54, 1.807) is 0 Å².